The summed E-state index contributed by atoms with van der Waals surface area (Å²) < 4.78 is 0. The van der Waals surface area contributed by atoms with E-state index in [9.17, 15) is 4.79 Å². The molecule has 0 aliphatic heterocycles. The lowest BCUT2D eigenvalue weighted by Crippen LogP contribution is -2.48. The van der Waals surface area contributed by atoms with Crippen LogP contribution in [-0.2, 0) is 4.79 Å². The molecule has 1 amide bonds. The van der Waals surface area contributed by atoms with E-state index in [0.717, 1.165) is 19.3 Å². The maximum atomic E-state index is 11.8. The second kappa shape index (κ2) is 6.05. The number of carbonyl (C=O) groups excluding carboxylic acids is 1. The third-order valence-corrected chi connectivity index (χ3v) is 3.42. The fraction of sp³-hybridized carbons (Fsp3) is 0.933. The van der Waals surface area contributed by atoms with Crippen LogP contribution >= 0.6 is 0 Å². The molecule has 0 bridgehead atoms. The summed E-state index contributed by atoms with van der Waals surface area (Å²) in [4.78, 5) is 11.8. The van der Waals surface area contributed by atoms with Gasteiger partial charge in [-0.3, -0.25) is 4.79 Å². The van der Waals surface area contributed by atoms with Crippen molar-refractivity contribution in [3.63, 3.8) is 0 Å². The van der Waals surface area contributed by atoms with Crippen molar-refractivity contribution in [3.05, 3.63) is 0 Å². The van der Waals surface area contributed by atoms with E-state index in [2.05, 4.69) is 45.3 Å². The van der Waals surface area contributed by atoms with E-state index in [1.54, 1.807) is 0 Å². The third-order valence-electron chi connectivity index (χ3n) is 3.42. The zero-order valence-electron chi connectivity index (χ0n) is 12.7. The molecule has 0 saturated heterocycles. The fourth-order valence-electron chi connectivity index (χ4n) is 3.06. The van der Waals surface area contributed by atoms with Crippen molar-refractivity contribution in [1.29, 1.82) is 0 Å². The standard InChI is InChI=1S/C15H30N2O/c1-14(2,3)11-15(4,5)16-10-13(18)17-12-8-6-7-9-12/h12,16H,6-11H2,1-5H3,(H,17,18). The maximum Gasteiger partial charge on any atom is 0.234 e. The molecule has 18 heavy (non-hydrogen) atoms. The van der Waals surface area contributed by atoms with Gasteiger partial charge in [-0.15, -0.1) is 0 Å². The Balaban J connectivity index is 2.28. The summed E-state index contributed by atoms with van der Waals surface area (Å²) >= 11 is 0. The van der Waals surface area contributed by atoms with Crippen molar-refractivity contribution in [2.24, 2.45) is 5.41 Å². The van der Waals surface area contributed by atoms with Gasteiger partial charge in [-0.05, 0) is 38.5 Å². The van der Waals surface area contributed by atoms with Gasteiger partial charge in [0, 0.05) is 11.6 Å². The average molecular weight is 254 g/mol. The molecule has 0 spiro atoms. The number of hydrogen-bond acceptors (Lipinski definition) is 2. The minimum absolute atomic E-state index is 0.00522. The molecule has 2 N–H and O–H groups in total. The van der Waals surface area contributed by atoms with Crippen LogP contribution in [0.3, 0.4) is 0 Å². The Morgan fingerprint density at radius 1 is 1.11 bits per heavy atom. The van der Waals surface area contributed by atoms with E-state index in [-0.39, 0.29) is 16.9 Å². The van der Waals surface area contributed by atoms with Gasteiger partial charge in [-0.2, -0.15) is 0 Å². The highest BCUT2D eigenvalue weighted by atomic mass is 16.2. The maximum absolute atomic E-state index is 11.8. The number of hydrogen-bond donors (Lipinski definition) is 2. The molecule has 0 aromatic carbocycles. The Hall–Kier alpha value is -0.570. The first-order valence-electron chi connectivity index (χ1n) is 7.22. The van der Waals surface area contributed by atoms with Crippen LogP contribution in [0.5, 0.6) is 0 Å². The summed E-state index contributed by atoms with van der Waals surface area (Å²) in [5.41, 5.74) is 0.281. The summed E-state index contributed by atoms with van der Waals surface area (Å²) in [6, 6.07) is 0.421. The zero-order valence-corrected chi connectivity index (χ0v) is 12.7. The molecular formula is C15H30N2O. The van der Waals surface area contributed by atoms with Crippen LogP contribution in [0.25, 0.3) is 0 Å². The second-order valence-corrected chi connectivity index (χ2v) is 7.52. The van der Waals surface area contributed by atoms with E-state index < -0.39 is 0 Å². The second-order valence-electron chi connectivity index (χ2n) is 7.52. The largest absolute Gasteiger partial charge is 0.352 e. The lowest BCUT2D eigenvalue weighted by molar-refractivity contribution is -0.121. The molecule has 106 valence electrons. The highest BCUT2D eigenvalue weighted by Crippen LogP contribution is 2.26. The minimum Gasteiger partial charge on any atom is -0.352 e. The quantitative estimate of drug-likeness (QED) is 0.792. The van der Waals surface area contributed by atoms with Crippen LogP contribution in [0.15, 0.2) is 0 Å². The van der Waals surface area contributed by atoms with Gasteiger partial charge in [-0.1, -0.05) is 33.6 Å². The van der Waals surface area contributed by atoms with Crippen molar-refractivity contribution in [1.82, 2.24) is 10.6 Å². The van der Waals surface area contributed by atoms with Crippen molar-refractivity contribution < 1.29 is 4.79 Å². The van der Waals surface area contributed by atoms with Crippen molar-refractivity contribution in [3.8, 4) is 0 Å². The first-order chi connectivity index (χ1) is 8.18. The van der Waals surface area contributed by atoms with Gasteiger partial charge >= 0.3 is 0 Å². The Kier molecular flexibility index (Phi) is 5.20. The average Bonchev–Trinajstić information content (AvgIpc) is 2.64. The Morgan fingerprint density at radius 3 is 2.17 bits per heavy atom. The number of rotatable bonds is 5. The van der Waals surface area contributed by atoms with Crippen LogP contribution in [-0.4, -0.2) is 24.0 Å². The van der Waals surface area contributed by atoms with Gasteiger partial charge in [0.1, 0.15) is 0 Å². The van der Waals surface area contributed by atoms with Crippen molar-refractivity contribution >= 4 is 5.91 Å². The molecule has 1 saturated carbocycles. The topological polar surface area (TPSA) is 41.1 Å². The monoisotopic (exact) mass is 254 g/mol. The smallest absolute Gasteiger partial charge is 0.234 e. The molecule has 3 heteroatoms. The minimum atomic E-state index is 0.00522. The zero-order chi connectivity index (χ0) is 13.8. The molecule has 0 heterocycles. The summed E-state index contributed by atoms with van der Waals surface area (Å²) in [5, 5.41) is 6.49. The molecule has 3 nitrogen and oxygen atoms in total. The van der Waals surface area contributed by atoms with E-state index >= 15 is 0 Å². The molecule has 0 aromatic rings. The molecule has 0 aromatic heterocycles. The first-order valence-corrected chi connectivity index (χ1v) is 7.22. The van der Waals surface area contributed by atoms with Crippen molar-refractivity contribution in [2.75, 3.05) is 6.54 Å². The van der Waals surface area contributed by atoms with E-state index in [0.29, 0.717) is 12.6 Å². The molecule has 0 atom stereocenters. The Morgan fingerprint density at radius 2 is 1.67 bits per heavy atom. The van der Waals surface area contributed by atoms with Gasteiger partial charge in [0.15, 0.2) is 0 Å². The van der Waals surface area contributed by atoms with E-state index in [1.165, 1.54) is 12.8 Å². The van der Waals surface area contributed by atoms with Crippen LogP contribution in [0.1, 0.15) is 66.7 Å². The summed E-state index contributed by atoms with van der Waals surface area (Å²) in [7, 11) is 0. The van der Waals surface area contributed by atoms with Crippen molar-refractivity contribution in [2.45, 2.75) is 78.3 Å². The summed E-state index contributed by atoms with van der Waals surface area (Å²) in [6.07, 6.45) is 5.87. The highest BCUT2D eigenvalue weighted by molar-refractivity contribution is 5.78. The van der Waals surface area contributed by atoms with Crippen LogP contribution in [0.2, 0.25) is 0 Å². The van der Waals surface area contributed by atoms with E-state index in [4.69, 9.17) is 0 Å². The molecule has 1 aliphatic carbocycles. The first kappa shape index (κ1) is 15.5. The van der Waals surface area contributed by atoms with Gasteiger partial charge in [0.25, 0.3) is 0 Å². The number of amides is 1. The predicted octanol–water partition coefficient (Wildman–Crippen LogP) is 2.85. The summed E-state index contributed by atoms with van der Waals surface area (Å²) in [5.74, 6) is 0.142. The Labute approximate surface area is 112 Å². The van der Waals surface area contributed by atoms with Gasteiger partial charge < -0.3 is 10.6 Å². The van der Waals surface area contributed by atoms with Crippen LogP contribution < -0.4 is 10.6 Å². The highest BCUT2D eigenvalue weighted by Gasteiger charge is 2.26. The number of nitrogens with one attached hydrogen (secondary N) is 2. The molecule has 1 aliphatic rings. The lowest BCUT2D eigenvalue weighted by atomic mass is 9.82. The predicted molar refractivity (Wildman–Crippen MR) is 76.6 cm³/mol. The third kappa shape index (κ3) is 6.39. The molecule has 0 radical (unpaired) electrons. The van der Waals surface area contributed by atoms with Gasteiger partial charge in [0.2, 0.25) is 5.91 Å². The fourth-order valence-corrected chi connectivity index (χ4v) is 3.06. The normalized spacial score (nSPS) is 18.1. The summed E-state index contributed by atoms with van der Waals surface area (Å²) in [6.45, 7) is 11.5. The number of carbonyl (C=O) groups is 1. The molecule has 1 rings (SSSR count). The van der Waals surface area contributed by atoms with Gasteiger partial charge in [0.05, 0.1) is 6.54 Å². The van der Waals surface area contributed by atoms with Crippen LogP contribution in [0, 0.1) is 5.41 Å². The molecular weight excluding hydrogens is 224 g/mol. The Bertz CT molecular complexity index is 273. The lowest BCUT2D eigenvalue weighted by Gasteiger charge is -2.33. The molecule has 1 fully saturated rings. The molecule has 0 unspecified atom stereocenters. The van der Waals surface area contributed by atoms with E-state index in [1.807, 2.05) is 0 Å². The SMILES string of the molecule is CC(C)(C)CC(C)(C)NCC(=O)NC1CCCC1. The van der Waals surface area contributed by atoms with Gasteiger partial charge in [-0.25, -0.2) is 0 Å². The van der Waals surface area contributed by atoms with Crippen LogP contribution in [0.4, 0.5) is 0 Å².